The Morgan fingerprint density at radius 2 is 1.32 bits per heavy atom. The molecular weight excluding hydrogens is 340 g/mol. The molecule has 0 aliphatic carbocycles. The number of benzene rings is 3. The number of hydrogen-bond donors (Lipinski definition) is 2. The predicted octanol–water partition coefficient (Wildman–Crippen LogP) is 6.34. The number of aromatic amines is 1. The summed E-state index contributed by atoms with van der Waals surface area (Å²) in [6, 6.07) is 30.9. The maximum atomic E-state index is 4.03. The number of nitrogens with one attached hydrogen (secondary N) is 2. The van der Waals surface area contributed by atoms with E-state index in [1.54, 1.807) is 0 Å². The van der Waals surface area contributed by atoms with Crippen LogP contribution in [0.25, 0.3) is 10.9 Å². The summed E-state index contributed by atoms with van der Waals surface area (Å²) in [5, 5.41) is 5.36. The Balaban J connectivity index is 1.76. The second-order valence-electron chi connectivity index (χ2n) is 8.17. The van der Waals surface area contributed by atoms with Gasteiger partial charge in [0.1, 0.15) is 0 Å². The smallest absolute Gasteiger partial charge is 0.0605 e. The fraction of sp³-hybridized carbons (Fsp3) is 0.231. The van der Waals surface area contributed by atoms with Crippen molar-refractivity contribution >= 4 is 10.9 Å². The minimum atomic E-state index is 0.174. The van der Waals surface area contributed by atoms with Crippen molar-refractivity contribution in [2.45, 2.75) is 31.8 Å². The van der Waals surface area contributed by atoms with Crippen LogP contribution >= 0.6 is 0 Å². The highest BCUT2D eigenvalue weighted by molar-refractivity contribution is 5.86. The molecule has 0 radical (unpaired) electrons. The van der Waals surface area contributed by atoms with Gasteiger partial charge in [-0.2, -0.15) is 0 Å². The largest absolute Gasteiger partial charge is 0.358 e. The Kier molecular flexibility index (Phi) is 4.29. The second-order valence-corrected chi connectivity index (χ2v) is 8.17. The lowest BCUT2D eigenvalue weighted by Crippen LogP contribution is -2.38. The molecule has 3 aromatic carbocycles. The topological polar surface area (TPSA) is 27.8 Å². The highest BCUT2D eigenvalue weighted by Gasteiger charge is 2.39. The average Bonchev–Trinajstić information content (AvgIpc) is 3.13. The summed E-state index contributed by atoms with van der Waals surface area (Å²) in [6.45, 7) is 4.67. The van der Waals surface area contributed by atoms with Gasteiger partial charge >= 0.3 is 0 Å². The zero-order valence-corrected chi connectivity index (χ0v) is 16.4. The summed E-state index contributed by atoms with van der Waals surface area (Å²) in [5.41, 5.74) is 6.70. The summed E-state index contributed by atoms with van der Waals surface area (Å²) >= 11 is 0. The lowest BCUT2D eigenvalue weighted by atomic mass is 9.75. The normalized spacial score (nSPS) is 21.8. The van der Waals surface area contributed by atoms with Crippen LogP contribution in [0.2, 0.25) is 0 Å². The lowest BCUT2D eigenvalue weighted by molar-refractivity contribution is 0.317. The molecule has 3 atom stereocenters. The Hall–Kier alpha value is -2.84. The van der Waals surface area contributed by atoms with Crippen LogP contribution in [0.3, 0.4) is 0 Å². The molecule has 2 N–H and O–H groups in total. The first kappa shape index (κ1) is 17.3. The van der Waals surface area contributed by atoms with Crippen molar-refractivity contribution in [3.63, 3.8) is 0 Å². The molecule has 0 saturated carbocycles. The van der Waals surface area contributed by atoms with Gasteiger partial charge in [0.2, 0.25) is 0 Å². The molecule has 2 nitrogen and oxygen atoms in total. The molecule has 1 aromatic heterocycles. The number of aromatic nitrogens is 1. The van der Waals surface area contributed by atoms with Crippen molar-refractivity contribution in [1.82, 2.24) is 10.3 Å². The fourth-order valence-corrected chi connectivity index (χ4v) is 4.88. The van der Waals surface area contributed by atoms with E-state index in [1.807, 2.05) is 0 Å². The SMILES string of the molecule is CC(C)C1c2[nH]c3ccccc3c2C(c2ccccc2)NC1c1ccccc1. The summed E-state index contributed by atoms with van der Waals surface area (Å²) in [7, 11) is 0. The van der Waals surface area contributed by atoms with Crippen LogP contribution in [0, 0.1) is 5.92 Å². The molecule has 1 aliphatic heterocycles. The van der Waals surface area contributed by atoms with Crippen LogP contribution < -0.4 is 5.32 Å². The monoisotopic (exact) mass is 366 g/mol. The van der Waals surface area contributed by atoms with E-state index >= 15 is 0 Å². The third-order valence-electron chi connectivity index (χ3n) is 6.11. The minimum absolute atomic E-state index is 0.174. The van der Waals surface area contributed by atoms with Crippen molar-refractivity contribution in [3.05, 3.63) is 107 Å². The van der Waals surface area contributed by atoms with Gasteiger partial charge in [0.05, 0.1) is 6.04 Å². The van der Waals surface area contributed by atoms with Gasteiger partial charge in [-0.25, -0.2) is 0 Å². The molecule has 5 rings (SSSR count). The number of hydrogen-bond acceptors (Lipinski definition) is 1. The summed E-state index contributed by atoms with van der Waals surface area (Å²) in [5.74, 6) is 0.908. The van der Waals surface area contributed by atoms with Crippen molar-refractivity contribution in [2.75, 3.05) is 0 Å². The summed E-state index contributed by atoms with van der Waals surface area (Å²) in [6.07, 6.45) is 0. The highest BCUT2D eigenvalue weighted by atomic mass is 15.0. The molecule has 28 heavy (non-hydrogen) atoms. The molecule has 1 aliphatic rings. The summed E-state index contributed by atoms with van der Waals surface area (Å²) in [4.78, 5) is 3.81. The standard InChI is InChI=1S/C26H26N2/c1-17(2)22-24(18-11-5-3-6-12-18)28-25(19-13-7-4-8-14-19)23-20-15-9-10-16-21(20)27-26(22)23/h3-17,22,24-25,27-28H,1-2H3. The Bertz CT molecular complexity index is 1080. The van der Waals surface area contributed by atoms with Crippen molar-refractivity contribution in [1.29, 1.82) is 0 Å². The first-order valence-electron chi connectivity index (χ1n) is 10.2. The fourth-order valence-electron chi connectivity index (χ4n) is 4.88. The van der Waals surface area contributed by atoms with Crippen molar-refractivity contribution < 1.29 is 0 Å². The van der Waals surface area contributed by atoms with Gasteiger partial charge in [0.25, 0.3) is 0 Å². The van der Waals surface area contributed by atoms with E-state index in [4.69, 9.17) is 0 Å². The molecule has 0 amide bonds. The number of fused-ring (bicyclic) bond motifs is 3. The molecule has 4 aromatic rings. The van der Waals surface area contributed by atoms with Gasteiger partial charge in [0, 0.05) is 34.1 Å². The summed E-state index contributed by atoms with van der Waals surface area (Å²) < 4.78 is 0. The number of H-pyrrole nitrogens is 1. The number of rotatable bonds is 3. The Morgan fingerprint density at radius 1 is 0.714 bits per heavy atom. The van der Waals surface area contributed by atoms with Crippen LogP contribution in [0.5, 0.6) is 0 Å². The maximum Gasteiger partial charge on any atom is 0.0605 e. The third kappa shape index (κ3) is 2.76. The molecule has 2 heterocycles. The van der Waals surface area contributed by atoms with Gasteiger partial charge in [0.15, 0.2) is 0 Å². The van der Waals surface area contributed by atoms with Crippen LogP contribution in [0.1, 0.15) is 54.2 Å². The van der Waals surface area contributed by atoms with Crippen LogP contribution in [0.15, 0.2) is 84.9 Å². The number of para-hydroxylation sites is 1. The first-order chi connectivity index (χ1) is 13.7. The zero-order valence-electron chi connectivity index (χ0n) is 16.4. The average molecular weight is 367 g/mol. The van der Waals surface area contributed by atoms with E-state index < -0.39 is 0 Å². The maximum absolute atomic E-state index is 4.03. The molecular formula is C26H26N2. The van der Waals surface area contributed by atoms with Gasteiger partial charge in [-0.3, -0.25) is 5.32 Å². The molecule has 2 heteroatoms. The molecule has 0 fully saturated rings. The van der Waals surface area contributed by atoms with Crippen LogP contribution in [-0.2, 0) is 0 Å². The van der Waals surface area contributed by atoms with E-state index in [0.29, 0.717) is 11.8 Å². The van der Waals surface area contributed by atoms with Crippen molar-refractivity contribution in [2.24, 2.45) is 5.92 Å². The predicted molar refractivity (Wildman–Crippen MR) is 116 cm³/mol. The van der Waals surface area contributed by atoms with E-state index in [9.17, 15) is 0 Å². The van der Waals surface area contributed by atoms with Crippen molar-refractivity contribution in [3.8, 4) is 0 Å². The van der Waals surface area contributed by atoms with Gasteiger partial charge in [-0.05, 0) is 23.1 Å². The Morgan fingerprint density at radius 3 is 2.00 bits per heavy atom. The van der Waals surface area contributed by atoms with Crippen LogP contribution in [0.4, 0.5) is 0 Å². The van der Waals surface area contributed by atoms with E-state index in [-0.39, 0.29) is 12.1 Å². The second kappa shape index (κ2) is 6.96. The van der Waals surface area contributed by atoms with Crippen LogP contribution in [-0.4, -0.2) is 4.98 Å². The molecule has 140 valence electrons. The molecule has 0 saturated heterocycles. The molecule has 3 unspecified atom stereocenters. The molecule has 0 bridgehead atoms. The van der Waals surface area contributed by atoms with Gasteiger partial charge in [-0.15, -0.1) is 0 Å². The lowest BCUT2D eigenvalue weighted by Gasteiger charge is -2.40. The zero-order chi connectivity index (χ0) is 19.1. The third-order valence-corrected chi connectivity index (χ3v) is 6.11. The van der Waals surface area contributed by atoms with E-state index in [1.165, 1.54) is 33.3 Å². The van der Waals surface area contributed by atoms with E-state index in [0.717, 1.165) is 0 Å². The molecule has 0 spiro atoms. The minimum Gasteiger partial charge on any atom is -0.358 e. The quantitative estimate of drug-likeness (QED) is 0.435. The van der Waals surface area contributed by atoms with E-state index in [2.05, 4.69) is 109 Å². The van der Waals surface area contributed by atoms with Gasteiger partial charge in [-0.1, -0.05) is 92.7 Å². The Labute approximate surface area is 166 Å². The van der Waals surface area contributed by atoms with Gasteiger partial charge < -0.3 is 4.98 Å². The highest BCUT2D eigenvalue weighted by Crippen LogP contribution is 2.48. The first-order valence-corrected chi connectivity index (χ1v) is 10.2.